The Morgan fingerprint density at radius 2 is 2.03 bits per heavy atom. The molecule has 1 aliphatic heterocycles. The molecule has 1 amide bonds. The average Bonchev–Trinajstić information content (AvgIpc) is 3.33. The van der Waals surface area contributed by atoms with Crippen molar-refractivity contribution in [1.29, 1.82) is 0 Å². The lowest BCUT2D eigenvalue weighted by Gasteiger charge is -2.31. The molecule has 2 aromatic carbocycles. The van der Waals surface area contributed by atoms with E-state index in [-0.39, 0.29) is 17.6 Å². The number of hydrogen-bond acceptors (Lipinski definition) is 5. The highest BCUT2D eigenvalue weighted by Gasteiger charge is 2.29. The number of hydrogen-bond donors (Lipinski definition) is 0. The second-order valence-corrected chi connectivity index (χ2v) is 8.91. The summed E-state index contributed by atoms with van der Waals surface area (Å²) in [5.74, 6) is 0.515. The van der Waals surface area contributed by atoms with Crippen LogP contribution in [0.25, 0.3) is 11.4 Å². The maximum absolute atomic E-state index is 13.5. The smallest absolute Gasteiger partial charge is 0.253 e. The number of amides is 1. The average molecular weight is 451 g/mol. The first-order chi connectivity index (χ1) is 15.9. The van der Waals surface area contributed by atoms with E-state index in [2.05, 4.69) is 35.8 Å². The van der Waals surface area contributed by atoms with E-state index < -0.39 is 0 Å². The molecule has 0 N–H and O–H groups in total. The van der Waals surface area contributed by atoms with E-state index in [0.29, 0.717) is 42.0 Å². The van der Waals surface area contributed by atoms with Gasteiger partial charge >= 0.3 is 0 Å². The fourth-order valence-electron chi connectivity index (χ4n) is 4.34. The minimum atomic E-state index is -0.342. The quantitative estimate of drug-likeness (QED) is 0.500. The normalized spacial score (nSPS) is 16.5. The molecule has 6 nitrogen and oxygen atoms in total. The SMILES string of the molecule is CCN(Cc1ccc(C(=O)N2CCCC(c3nc(-c4cccc(F)c4)no3)C2)cc1)C(C)C. The molecule has 2 heterocycles. The van der Waals surface area contributed by atoms with E-state index >= 15 is 0 Å². The highest BCUT2D eigenvalue weighted by molar-refractivity contribution is 5.94. The molecule has 1 aromatic heterocycles. The van der Waals surface area contributed by atoms with Crippen LogP contribution in [0.15, 0.2) is 53.1 Å². The molecule has 3 aromatic rings. The molecule has 7 heteroatoms. The third-order valence-electron chi connectivity index (χ3n) is 6.31. The predicted octanol–water partition coefficient (Wildman–Crippen LogP) is 5.13. The van der Waals surface area contributed by atoms with Crippen LogP contribution in [0.5, 0.6) is 0 Å². The van der Waals surface area contributed by atoms with Gasteiger partial charge in [0.15, 0.2) is 0 Å². The van der Waals surface area contributed by atoms with Crippen LogP contribution < -0.4 is 0 Å². The van der Waals surface area contributed by atoms with Gasteiger partial charge in [-0.2, -0.15) is 4.98 Å². The highest BCUT2D eigenvalue weighted by Crippen LogP contribution is 2.28. The summed E-state index contributed by atoms with van der Waals surface area (Å²) >= 11 is 0. The number of carbonyl (C=O) groups excluding carboxylic acids is 1. The van der Waals surface area contributed by atoms with Gasteiger partial charge in [0.25, 0.3) is 5.91 Å². The molecule has 4 rings (SSSR count). The van der Waals surface area contributed by atoms with Crippen molar-refractivity contribution in [3.8, 4) is 11.4 Å². The van der Waals surface area contributed by atoms with Crippen molar-refractivity contribution in [3.05, 3.63) is 71.4 Å². The monoisotopic (exact) mass is 450 g/mol. The summed E-state index contributed by atoms with van der Waals surface area (Å²) in [6.45, 7) is 9.65. The van der Waals surface area contributed by atoms with Crippen LogP contribution in [0.3, 0.4) is 0 Å². The Bertz CT molecular complexity index is 1080. The topological polar surface area (TPSA) is 62.5 Å². The molecule has 0 spiro atoms. The number of carbonyl (C=O) groups is 1. The van der Waals surface area contributed by atoms with Crippen LogP contribution in [0, 0.1) is 5.82 Å². The molecule has 1 saturated heterocycles. The number of benzene rings is 2. The van der Waals surface area contributed by atoms with Gasteiger partial charge in [-0.05, 0) is 63.1 Å². The van der Waals surface area contributed by atoms with Gasteiger partial charge in [0.1, 0.15) is 5.82 Å². The predicted molar refractivity (Wildman–Crippen MR) is 125 cm³/mol. The standard InChI is InChI=1S/C26H31FN4O2/c1-4-30(18(2)3)16-19-10-12-20(13-11-19)26(32)31-14-6-8-22(17-31)25-28-24(29-33-25)21-7-5-9-23(27)15-21/h5,7,9-13,15,18,22H,4,6,8,14,16-17H2,1-3H3. The fraction of sp³-hybridized carbons (Fsp3) is 0.423. The van der Waals surface area contributed by atoms with Crippen molar-refractivity contribution in [1.82, 2.24) is 19.9 Å². The van der Waals surface area contributed by atoms with Crippen LogP contribution in [0.2, 0.25) is 0 Å². The molecule has 174 valence electrons. The van der Waals surface area contributed by atoms with Crippen molar-refractivity contribution < 1.29 is 13.7 Å². The number of nitrogens with zero attached hydrogens (tertiary/aromatic N) is 4. The second-order valence-electron chi connectivity index (χ2n) is 8.91. The maximum atomic E-state index is 13.5. The van der Waals surface area contributed by atoms with E-state index in [4.69, 9.17) is 4.52 Å². The Balaban J connectivity index is 1.42. The van der Waals surface area contributed by atoms with E-state index in [1.807, 2.05) is 29.2 Å². The van der Waals surface area contributed by atoms with Gasteiger partial charge in [-0.25, -0.2) is 4.39 Å². The Kier molecular flexibility index (Phi) is 7.18. The molecule has 0 aliphatic carbocycles. The van der Waals surface area contributed by atoms with Crippen molar-refractivity contribution in [2.75, 3.05) is 19.6 Å². The summed E-state index contributed by atoms with van der Waals surface area (Å²) in [7, 11) is 0. The van der Waals surface area contributed by atoms with Crippen molar-refractivity contribution in [3.63, 3.8) is 0 Å². The van der Waals surface area contributed by atoms with Gasteiger partial charge in [0, 0.05) is 36.8 Å². The zero-order valence-corrected chi connectivity index (χ0v) is 19.5. The van der Waals surface area contributed by atoms with E-state index in [0.717, 1.165) is 25.9 Å². The van der Waals surface area contributed by atoms with Crippen LogP contribution in [0.1, 0.15) is 61.3 Å². The number of rotatable bonds is 7. The Labute approximate surface area is 194 Å². The van der Waals surface area contributed by atoms with Crippen LogP contribution in [-0.2, 0) is 6.54 Å². The highest BCUT2D eigenvalue weighted by atomic mass is 19.1. The van der Waals surface area contributed by atoms with Crippen LogP contribution in [0.4, 0.5) is 4.39 Å². The molecule has 1 atom stereocenters. The summed E-state index contributed by atoms with van der Waals surface area (Å²) < 4.78 is 19.0. The van der Waals surface area contributed by atoms with Crippen LogP contribution in [-0.4, -0.2) is 51.5 Å². The summed E-state index contributed by atoms with van der Waals surface area (Å²) in [5.41, 5.74) is 2.47. The molecule has 1 fully saturated rings. The van der Waals surface area contributed by atoms with Crippen molar-refractivity contribution >= 4 is 5.91 Å². The van der Waals surface area contributed by atoms with E-state index in [1.54, 1.807) is 12.1 Å². The summed E-state index contributed by atoms with van der Waals surface area (Å²) in [4.78, 5) is 21.9. The number of piperidine rings is 1. The Morgan fingerprint density at radius 3 is 2.73 bits per heavy atom. The van der Waals surface area contributed by atoms with Gasteiger partial charge in [-0.3, -0.25) is 9.69 Å². The summed E-state index contributed by atoms with van der Waals surface area (Å²) in [5, 5.41) is 4.02. The van der Waals surface area contributed by atoms with E-state index in [9.17, 15) is 9.18 Å². The minimum Gasteiger partial charge on any atom is -0.339 e. The minimum absolute atomic E-state index is 0.0207. The molecular weight excluding hydrogens is 419 g/mol. The first-order valence-corrected chi connectivity index (χ1v) is 11.7. The van der Waals surface area contributed by atoms with Gasteiger partial charge in [0.05, 0.1) is 5.92 Å². The number of likely N-dealkylation sites (tertiary alicyclic amines) is 1. The molecule has 1 aliphatic rings. The third kappa shape index (κ3) is 5.47. The second kappa shape index (κ2) is 10.3. The van der Waals surface area contributed by atoms with Gasteiger partial charge in [-0.15, -0.1) is 0 Å². The molecule has 0 saturated carbocycles. The first-order valence-electron chi connectivity index (χ1n) is 11.7. The lowest BCUT2D eigenvalue weighted by molar-refractivity contribution is 0.0695. The van der Waals surface area contributed by atoms with Crippen LogP contribution >= 0.6 is 0 Å². The molecule has 0 radical (unpaired) electrons. The lowest BCUT2D eigenvalue weighted by Crippen LogP contribution is -2.39. The maximum Gasteiger partial charge on any atom is 0.253 e. The fourth-order valence-corrected chi connectivity index (χ4v) is 4.34. The molecular formula is C26H31FN4O2. The molecule has 1 unspecified atom stereocenters. The molecule has 33 heavy (non-hydrogen) atoms. The Hall–Kier alpha value is -3.06. The number of halogens is 1. The third-order valence-corrected chi connectivity index (χ3v) is 6.31. The zero-order valence-electron chi connectivity index (χ0n) is 19.5. The van der Waals surface area contributed by atoms with Gasteiger partial charge in [0.2, 0.25) is 11.7 Å². The summed E-state index contributed by atoms with van der Waals surface area (Å²) in [6, 6.07) is 14.5. The largest absolute Gasteiger partial charge is 0.339 e. The lowest BCUT2D eigenvalue weighted by atomic mass is 9.97. The zero-order chi connectivity index (χ0) is 23.4. The van der Waals surface area contributed by atoms with Crippen molar-refractivity contribution in [2.45, 2.75) is 52.1 Å². The van der Waals surface area contributed by atoms with Gasteiger partial charge < -0.3 is 9.42 Å². The number of aromatic nitrogens is 2. The Morgan fingerprint density at radius 1 is 1.24 bits per heavy atom. The molecule has 0 bridgehead atoms. The van der Waals surface area contributed by atoms with E-state index in [1.165, 1.54) is 17.7 Å². The van der Waals surface area contributed by atoms with Gasteiger partial charge in [-0.1, -0.05) is 36.3 Å². The summed E-state index contributed by atoms with van der Waals surface area (Å²) in [6.07, 6.45) is 1.74. The first kappa shape index (κ1) is 23.1. The van der Waals surface area contributed by atoms with Crippen molar-refractivity contribution in [2.24, 2.45) is 0 Å².